The zero-order valence-corrected chi connectivity index (χ0v) is 28.8. The summed E-state index contributed by atoms with van der Waals surface area (Å²) >= 11 is 0. The minimum atomic E-state index is -4.18. The molecule has 0 saturated carbocycles. The normalized spacial score (nSPS) is 14.8. The number of nitrogens with one attached hydrogen (secondary N) is 1. The van der Waals surface area contributed by atoms with Gasteiger partial charge in [-0.05, 0) is 51.0 Å². The summed E-state index contributed by atoms with van der Waals surface area (Å²) < 4.78 is 40.4. The number of nitrogens with two attached hydrogens (primary N) is 1. The van der Waals surface area contributed by atoms with Crippen LogP contribution in [0.2, 0.25) is 0 Å². The second-order valence-corrected chi connectivity index (χ2v) is 13.6. The second kappa shape index (κ2) is 15.7. The van der Waals surface area contributed by atoms with Crippen molar-refractivity contribution in [1.82, 2.24) is 19.6 Å². The fourth-order valence-corrected chi connectivity index (χ4v) is 7.21. The fraction of sp³-hybridized carbons (Fsp3) is 0.361. The van der Waals surface area contributed by atoms with Gasteiger partial charge in [0, 0.05) is 12.0 Å². The van der Waals surface area contributed by atoms with E-state index in [4.69, 9.17) is 29.2 Å². The van der Waals surface area contributed by atoms with Crippen LogP contribution in [0, 0.1) is 0 Å². The Morgan fingerprint density at radius 1 is 0.979 bits per heavy atom. The third kappa shape index (κ3) is 8.22. The highest BCUT2D eigenvalue weighted by atomic mass is 31.2. The molecule has 0 radical (unpaired) electrons. The van der Waals surface area contributed by atoms with Crippen molar-refractivity contribution in [2.75, 3.05) is 18.9 Å². The smallest absolute Gasteiger partial charge is 0.459 e. The van der Waals surface area contributed by atoms with Gasteiger partial charge in [0.1, 0.15) is 36.3 Å². The number of imidazole rings is 1. The van der Waals surface area contributed by atoms with Crippen LogP contribution in [0.3, 0.4) is 0 Å². The molecule has 3 N–H and O–H groups in total. The molecule has 48 heavy (non-hydrogen) atoms. The average molecular weight is 674 g/mol. The number of fused-ring (bicyclic) bond motifs is 3. The first kappa shape index (κ1) is 35.0. The molecule has 0 aliphatic heterocycles. The van der Waals surface area contributed by atoms with E-state index in [2.05, 4.69) is 21.6 Å². The maximum atomic E-state index is 14.6. The van der Waals surface area contributed by atoms with Gasteiger partial charge in [-0.25, -0.2) is 14.5 Å². The van der Waals surface area contributed by atoms with E-state index in [1.807, 2.05) is 74.5 Å². The zero-order chi connectivity index (χ0) is 34.1. The number of carbonyl (C=O) groups excluding carboxylic acids is 1. The van der Waals surface area contributed by atoms with Crippen LogP contribution in [0.5, 0.6) is 5.75 Å². The Balaban J connectivity index is 1.51. The Bertz CT molecular complexity index is 1870. The first-order chi connectivity index (χ1) is 23.2. The highest BCUT2D eigenvalue weighted by molar-refractivity contribution is 7.52. The van der Waals surface area contributed by atoms with Gasteiger partial charge in [-0.3, -0.25) is 9.32 Å². The summed E-state index contributed by atoms with van der Waals surface area (Å²) in [6.07, 6.45) is 2.39. The molecule has 2 heterocycles. The van der Waals surface area contributed by atoms with E-state index in [1.54, 1.807) is 31.2 Å². The van der Waals surface area contributed by atoms with E-state index in [0.717, 1.165) is 34.8 Å². The Kier molecular flexibility index (Phi) is 11.5. The number of carbonyl (C=O) groups is 1. The molecule has 2 unspecified atom stereocenters. The molecule has 3 aromatic carbocycles. The quantitative estimate of drug-likeness (QED) is 0.0752. The van der Waals surface area contributed by atoms with Gasteiger partial charge in [0.05, 0.1) is 23.2 Å². The first-order valence-electron chi connectivity index (χ1n) is 16.3. The SMILES string of the molecule is CCCCC(C)(COP(=O)(N[C@@H](C)C(=O)OCc1ccccc1)Oc1ccccc1)n1c(COCC)nc2c(N)nc3ccccc3c21. The molecule has 3 atom stereocenters. The van der Waals surface area contributed by atoms with Crippen LogP contribution in [-0.4, -0.2) is 39.8 Å². The molecule has 2 aromatic heterocycles. The molecule has 254 valence electrons. The van der Waals surface area contributed by atoms with Gasteiger partial charge in [-0.15, -0.1) is 0 Å². The van der Waals surface area contributed by atoms with Crippen molar-refractivity contribution in [3.8, 4) is 5.75 Å². The lowest BCUT2D eigenvalue weighted by molar-refractivity contribution is -0.146. The number of benzene rings is 3. The predicted octanol–water partition coefficient (Wildman–Crippen LogP) is 7.53. The Labute approximate surface area is 281 Å². The molecule has 0 aliphatic carbocycles. The summed E-state index contributed by atoms with van der Waals surface area (Å²) in [5.74, 6) is 0.676. The second-order valence-electron chi connectivity index (χ2n) is 11.9. The van der Waals surface area contributed by atoms with Crippen LogP contribution in [0.15, 0.2) is 84.9 Å². The number of pyridine rings is 1. The van der Waals surface area contributed by atoms with Crippen LogP contribution in [0.1, 0.15) is 58.3 Å². The molecular formula is C36H44N5O6P. The predicted molar refractivity (Wildman–Crippen MR) is 187 cm³/mol. The number of unbranched alkanes of at least 4 members (excludes halogenated alkanes) is 1. The number of aromatic nitrogens is 3. The molecule has 0 spiro atoms. The fourth-order valence-electron chi connectivity index (χ4n) is 5.60. The summed E-state index contributed by atoms with van der Waals surface area (Å²) in [6.45, 7) is 8.37. The average Bonchev–Trinajstić information content (AvgIpc) is 3.50. The molecule has 0 bridgehead atoms. The lowest BCUT2D eigenvalue weighted by Crippen LogP contribution is -2.39. The van der Waals surface area contributed by atoms with Crippen molar-refractivity contribution < 1.29 is 27.9 Å². The van der Waals surface area contributed by atoms with Crippen molar-refractivity contribution in [2.45, 2.75) is 71.8 Å². The molecule has 0 saturated heterocycles. The number of esters is 1. The number of rotatable bonds is 17. The lowest BCUT2D eigenvalue weighted by Gasteiger charge is -2.35. The molecule has 5 rings (SSSR count). The third-order valence-electron chi connectivity index (χ3n) is 8.08. The van der Waals surface area contributed by atoms with Crippen molar-refractivity contribution in [3.63, 3.8) is 0 Å². The number of anilines is 1. The maximum Gasteiger partial charge on any atom is 0.459 e. The highest BCUT2D eigenvalue weighted by Gasteiger charge is 2.39. The minimum absolute atomic E-state index is 0.0585. The van der Waals surface area contributed by atoms with Crippen LogP contribution in [0.4, 0.5) is 5.82 Å². The topological polar surface area (TPSA) is 140 Å². The molecule has 0 aliphatic rings. The van der Waals surface area contributed by atoms with E-state index >= 15 is 0 Å². The van der Waals surface area contributed by atoms with Crippen LogP contribution in [0.25, 0.3) is 21.9 Å². The van der Waals surface area contributed by atoms with Gasteiger partial charge in [-0.2, -0.15) is 5.09 Å². The van der Waals surface area contributed by atoms with Gasteiger partial charge in [-0.1, -0.05) is 86.5 Å². The zero-order valence-electron chi connectivity index (χ0n) is 27.9. The number of para-hydroxylation sites is 2. The summed E-state index contributed by atoms with van der Waals surface area (Å²) in [4.78, 5) is 22.6. The van der Waals surface area contributed by atoms with Crippen molar-refractivity contribution in [2.24, 2.45) is 0 Å². The standard InChI is InChI=1S/C36H44N5O6P/c1-5-7-22-36(4,41-31(24-44-6-2)39-32-33(41)29-20-14-15-21-30(29)38-34(32)37)25-46-48(43,47-28-18-12-9-13-19-28)40-26(3)35(42)45-23-27-16-10-8-11-17-27/h8-21,26H,5-7,22-25H2,1-4H3,(H2,37,38)(H,40,43)/t26-,36?,48?/m0/s1. The molecule has 12 heteroatoms. The van der Waals surface area contributed by atoms with Crippen molar-refractivity contribution in [1.29, 1.82) is 0 Å². The number of hydrogen-bond acceptors (Lipinski definition) is 9. The molecule has 11 nitrogen and oxygen atoms in total. The van der Waals surface area contributed by atoms with Gasteiger partial charge in [0.25, 0.3) is 0 Å². The largest absolute Gasteiger partial charge is 0.460 e. The first-order valence-corrected chi connectivity index (χ1v) is 17.8. The minimum Gasteiger partial charge on any atom is -0.460 e. The summed E-state index contributed by atoms with van der Waals surface area (Å²) in [7, 11) is -4.18. The Morgan fingerprint density at radius 2 is 1.67 bits per heavy atom. The number of hydrogen-bond donors (Lipinski definition) is 2. The van der Waals surface area contributed by atoms with E-state index in [9.17, 15) is 9.36 Å². The molecule has 0 amide bonds. The Hall–Kier alpha value is -4.28. The van der Waals surface area contributed by atoms with E-state index in [-0.39, 0.29) is 19.8 Å². The number of ether oxygens (including phenoxy) is 2. The summed E-state index contributed by atoms with van der Waals surface area (Å²) in [5.41, 5.74) is 8.59. The van der Waals surface area contributed by atoms with Gasteiger partial charge >= 0.3 is 13.7 Å². The Morgan fingerprint density at radius 3 is 2.38 bits per heavy atom. The van der Waals surface area contributed by atoms with E-state index in [1.165, 1.54) is 0 Å². The summed E-state index contributed by atoms with van der Waals surface area (Å²) in [5, 5.41) is 3.71. The van der Waals surface area contributed by atoms with E-state index in [0.29, 0.717) is 35.9 Å². The maximum absolute atomic E-state index is 14.6. The molecule has 5 aromatic rings. The number of nitrogen functional groups attached to an aromatic ring is 1. The molecule has 0 fully saturated rings. The van der Waals surface area contributed by atoms with Crippen LogP contribution in [-0.2, 0) is 42.1 Å². The third-order valence-corrected chi connectivity index (χ3v) is 9.70. The van der Waals surface area contributed by atoms with Gasteiger partial charge in [0.15, 0.2) is 5.82 Å². The van der Waals surface area contributed by atoms with Gasteiger partial charge < -0.3 is 24.3 Å². The molecular weight excluding hydrogens is 629 g/mol. The monoisotopic (exact) mass is 673 g/mol. The number of nitrogens with zero attached hydrogens (tertiary/aromatic N) is 3. The van der Waals surface area contributed by atoms with Crippen molar-refractivity contribution >= 4 is 41.5 Å². The van der Waals surface area contributed by atoms with Crippen molar-refractivity contribution in [3.05, 3.63) is 96.3 Å². The highest BCUT2D eigenvalue weighted by Crippen LogP contribution is 2.47. The van der Waals surface area contributed by atoms with Gasteiger partial charge in [0.2, 0.25) is 0 Å². The van der Waals surface area contributed by atoms with E-state index < -0.39 is 25.3 Å². The van der Waals surface area contributed by atoms with Crippen LogP contribution >= 0.6 is 7.75 Å². The van der Waals surface area contributed by atoms with Crippen LogP contribution < -0.4 is 15.3 Å². The lowest BCUT2D eigenvalue weighted by atomic mass is 9.94. The summed E-state index contributed by atoms with van der Waals surface area (Å²) in [6, 6.07) is 24.8.